The van der Waals surface area contributed by atoms with Gasteiger partial charge in [-0.1, -0.05) is 0 Å². The van der Waals surface area contributed by atoms with E-state index in [1.807, 2.05) is 0 Å². The molecular formula is C16H19FN6O3. The zero-order chi connectivity index (χ0) is 18.7. The lowest BCUT2D eigenvalue weighted by molar-refractivity contribution is 0.0341. The summed E-state index contributed by atoms with van der Waals surface area (Å²) in [6.07, 6.45) is 0.854. The summed E-state index contributed by atoms with van der Waals surface area (Å²) in [7, 11) is 1.38. The third-order valence-electron chi connectivity index (χ3n) is 4.15. The zero-order valence-electron chi connectivity index (χ0n) is 14.1. The number of nitriles is 1. The van der Waals surface area contributed by atoms with Crippen LogP contribution in [-0.2, 0) is 4.74 Å². The van der Waals surface area contributed by atoms with E-state index in [4.69, 9.17) is 15.2 Å². The molecule has 9 nitrogen and oxygen atoms in total. The highest BCUT2D eigenvalue weighted by atomic mass is 19.1. The first kappa shape index (κ1) is 18.1. The second-order valence-electron chi connectivity index (χ2n) is 5.87. The Bertz CT molecular complexity index is 819. The zero-order valence-corrected chi connectivity index (χ0v) is 14.1. The van der Waals surface area contributed by atoms with Crippen LogP contribution in [0, 0.1) is 23.2 Å². The molecule has 1 fully saturated rings. The third-order valence-corrected chi connectivity index (χ3v) is 4.15. The number of methoxy groups -OCH3 is 1. The molecule has 0 radical (unpaired) electrons. The topological polar surface area (TPSA) is 131 Å². The van der Waals surface area contributed by atoms with Crippen LogP contribution in [0.5, 0.6) is 5.88 Å². The number of anilines is 2. The Morgan fingerprint density at radius 3 is 3.08 bits per heavy atom. The van der Waals surface area contributed by atoms with Crippen molar-refractivity contribution in [3.05, 3.63) is 29.8 Å². The van der Waals surface area contributed by atoms with Crippen molar-refractivity contribution >= 4 is 11.5 Å². The highest BCUT2D eigenvalue weighted by Gasteiger charge is 2.29. The van der Waals surface area contributed by atoms with Gasteiger partial charge < -0.3 is 25.6 Å². The standard InChI is InChI=1S/C16H19FN6O3/c1-25-14-5-10(4-13(17)21-14)20-16-11(15(19)24)7-23(22-16)12-8-26-3-2-9(12)6-18/h4-5,7,9,12,15,24H,2-3,8,19H2,1H3,(H,20,21,22). The predicted octanol–water partition coefficient (Wildman–Crippen LogP) is 1.22. The molecule has 3 heterocycles. The first-order valence-electron chi connectivity index (χ1n) is 8.00. The molecule has 1 saturated heterocycles. The van der Waals surface area contributed by atoms with E-state index in [0.717, 1.165) is 6.07 Å². The summed E-state index contributed by atoms with van der Waals surface area (Å²) in [6, 6.07) is 4.60. The second-order valence-corrected chi connectivity index (χ2v) is 5.87. The van der Waals surface area contributed by atoms with Gasteiger partial charge in [0.25, 0.3) is 0 Å². The number of aliphatic hydroxyl groups excluding tert-OH is 1. The van der Waals surface area contributed by atoms with Gasteiger partial charge in [0.2, 0.25) is 11.8 Å². The number of ether oxygens (including phenoxy) is 2. The first-order chi connectivity index (χ1) is 12.5. The lowest BCUT2D eigenvalue weighted by atomic mass is 9.97. The molecule has 0 saturated carbocycles. The number of aromatic nitrogens is 3. The quantitative estimate of drug-likeness (QED) is 0.534. The maximum atomic E-state index is 13.6. The monoisotopic (exact) mass is 362 g/mol. The van der Waals surface area contributed by atoms with Crippen molar-refractivity contribution in [1.82, 2.24) is 14.8 Å². The number of aliphatic hydroxyl groups is 1. The molecule has 0 bridgehead atoms. The van der Waals surface area contributed by atoms with E-state index in [1.54, 1.807) is 10.9 Å². The van der Waals surface area contributed by atoms with Crippen LogP contribution in [0.4, 0.5) is 15.9 Å². The van der Waals surface area contributed by atoms with Crippen LogP contribution in [-0.4, -0.2) is 40.2 Å². The van der Waals surface area contributed by atoms with Gasteiger partial charge in [-0.2, -0.15) is 19.7 Å². The van der Waals surface area contributed by atoms with Crippen LogP contribution in [0.25, 0.3) is 0 Å². The Kier molecular flexibility index (Phi) is 5.32. The second kappa shape index (κ2) is 7.65. The normalized spacial score (nSPS) is 21.0. The molecule has 3 atom stereocenters. The molecule has 0 aliphatic carbocycles. The van der Waals surface area contributed by atoms with Crippen molar-refractivity contribution in [2.24, 2.45) is 11.7 Å². The van der Waals surface area contributed by atoms with Gasteiger partial charge in [0.05, 0.1) is 37.3 Å². The van der Waals surface area contributed by atoms with E-state index < -0.39 is 12.2 Å². The smallest absolute Gasteiger partial charge is 0.218 e. The molecule has 3 rings (SSSR count). The summed E-state index contributed by atoms with van der Waals surface area (Å²) in [5, 5.41) is 26.5. The maximum absolute atomic E-state index is 13.6. The average molecular weight is 362 g/mol. The van der Waals surface area contributed by atoms with E-state index in [-0.39, 0.29) is 23.7 Å². The number of hydrogen-bond acceptors (Lipinski definition) is 8. The molecule has 2 aromatic heterocycles. The van der Waals surface area contributed by atoms with Crippen molar-refractivity contribution in [2.45, 2.75) is 18.7 Å². The lowest BCUT2D eigenvalue weighted by Crippen LogP contribution is -2.29. The van der Waals surface area contributed by atoms with Crippen molar-refractivity contribution in [2.75, 3.05) is 25.6 Å². The van der Waals surface area contributed by atoms with Crippen molar-refractivity contribution in [3.8, 4) is 11.9 Å². The van der Waals surface area contributed by atoms with Crippen LogP contribution >= 0.6 is 0 Å². The van der Waals surface area contributed by atoms with Crippen LogP contribution in [0.2, 0.25) is 0 Å². The Labute approximate surface area is 149 Å². The third kappa shape index (κ3) is 3.75. The number of pyridine rings is 1. The lowest BCUT2D eigenvalue weighted by Gasteiger charge is -2.27. The van der Waals surface area contributed by atoms with Gasteiger partial charge in [-0.05, 0) is 6.42 Å². The maximum Gasteiger partial charge on any atom is 0.218 e. The summed E-state index contributed by atoms with van der Waals surface area (Å²) in [5.41, 5.74) is 6.26. The number of nitrogens with one attached hydrogen (secondary N) is 1. The molecule has 138 valence electrons. The summed E-state index contributed by atoms with van der Waals surface area (Å²) < 4.78 is 25.5. The van der Waals surface area contributed by atoms with Gasteiger partial charge in [0.15, 0.2) is 5.82 Å². The van der Waals surface area contributed by atoms with E-state index in [0.29, 0.717) is 30.9 Å². The van der Waals surface area contributed by atoms with Gasteiger partial charge in [0.1, 0.15) is 6.23 Å². The van der Waals surface area contributed by atoms with Gasteiger partial charge >= 0.3 is 0 Å². The summed E-state index contributed by atoms with van der Waals surface area (Å²) in [6.45, 7) is 0.848. The van der Waals surface area contributed by atoms with Crippen molar-refractivity contribution < 1.29 is 19.0 Å². The Balaban J connectivity index is 1.93. The molecule has 26 heavy (non-hydrogen) atoms. The van der Waals surface area contributed by atoms with Gasteiger partial charge in [-0.3, -0.25) is 4.68 Å². The van der Waals surface area contributed by atoms with Crippen LogP contribution in [0.1, 0.15) is 24.3 Å². The molecule has 1 aliphatic rings. The fourth-order valence-electron chi connectivity index (χ4n) is 2.81. The SMILES string of the molecule is COc1cc(Nc2nn(C3COCCC3C#N)cc2C(N)O)cc(F)n1. The van der Waals surface area contributed by atoms with Crippen LogP contribution in [0.15, 0.2) is 18.3 Å². The van der Waals surface area contributed by atoms with Gasteiger partial charge in [-0.25, -0.2) is 0 Å². The minimum absolute atomic E-state index is 0.0898. The van der Waals surface area contributed by atoms with Crippen molar-refractivity contribution in [3.63, 3.8) is 0 Å². The number of nitrogens with zero attached hydrogens (tertiary/aromatic N) is 4. The van der Waals surface area contributed by atoms with E-state index in [2.05, 4.69) is 21.5 Å². The van der Waals surface area contributed by atoms with E-state index >= 15 is 0 Å². The summed E-state index contributed by atoms with van der Waals surface area (Å²) in [5.74, 6) is -0.661. The molecule has 3 unspecified atom stereocenters. The van der Waals surface area contributed by atoms with E-state index in [1.165, 1.54) is 13.2 Å². The Morgan fingerprint density at radius 2 is 2.38 bits per heavy atom. The van der Waals surface area contributed by atoms with Crippen molar-refractivity contribution in [1.29, 1.82) is 5.26 Å². The Morgan fingerprint density at radius 1 is 1.58 bits per heavy atom. The molecule has 2 aromatic rings. The first-order valence-corrected chi connectivity index (χ1v) is 8.00. The number of rotatable bonds is 5. The number of halogens is 1. The molecule has 10 heteroatoms. The Hall–Kier alpha value is -2.74. The largest absolute Gasteiger partial charge is 0.481 e. The van der Waals surface area contributed by atoms with Gasteiger partial charge in [-0.15, -0.1) is 0 Å². The highest BCUT2D eigenvalue weighted by Crippen LogP contribution is 2.30. The minimum atomic E-state index is -1.30. The van der Waals surface area contributed by atoms with Crippen LogP contribution < -0.4 is 15.8 Å². The molecule has 1 aliphatic heterocycles. The molecule has 0 spiro atoms. The van der Waals surface area contributed by atoms with Crippen LogP contribution in [0.3, 0.4) is 0 Å². The molecule has 4 N–H and O–H groups in total. The average Bonchev–Trinajstić information content (AvgIpc) is 3.05. The minimum Gasteiger partial charge on any atom is -0.481 e. The van der Waals surface area contributed by atoms with Gasteiger partial charge in [0, 0.05) is 30.6 Å². The molecule has 0 aromatic carbocycles. The fourth-order valence-corrected chi connectivity index (χ4v) is 2.81. The summed E-state index contributed by atoms with van der Waals surface area (Å²) >= 11 is 0. The molecular weight excluding hydrogens is 343 g/mol. The van der Waals surface area contributed by atoms with E-state index in [9.17, 15) is 14.8 Å². The summed E-state index contributed by atoms with van der Waals surface area (Å²) in [4.78, 5) is 3.57. The number of hydrogen-bond donors (Lipinski definition) is 3. The molecule has 0 amide bonds. The fraction of sp³-hybridized carbons (Fsp3) is 0.438. The highest BCUT2D eigenvalue weighted by molar-refractivity contribution is 5.60. The predicted molar refractivity (Wildman–Crippen MR) is 89.0 cm³/mol. The number of nitrogens with two attached hydrogens (primary N) is 1.